The van der Waals surface area contributed by atoms with Gasteiger partial charge >= 0.3 is 0 Å². The first-order valence-corrected chi connectivity index (χ1v) is 7.76. The molecule has 21 heavy (non-hydrogen) atoms. The van der Waals surface area contributed by atoms with Crippen molar-refractivity contribution in [2.45, 2.75) is 39.3 Å². The van der Waals surface area contributed by atoms with Crippen molar-refractivity contribution in [2.75, 3.05) is 0 Å². The zero-order chi connectivity index (χ0) is 14.8. The molecule has 0 bridgehead atoms. The first-order chi connectivity index (χ1) is 10.1. The molecule has 0 amide bonds. The number of ether oxygens (including phenoxy) is 1. The third-order valence-electron chi connectivity index (χ3n) is 3.73. The number of halogens is 1. The highest BCUT2D eigenvalue weighted by molar-refractivity contribution is 6.30. The number of hydrogen-bond acceptors (Lipinski definition) is 2. The molecule has 0 saturated heterocycles. The molecule has 1 saturated carbocycles. The summed E-state index contributed by atoms with van der Waals surface area (Å²) < 4.78 is 6.10. The maximum atomic E-state index is 6.12. The van der Waals surface area contributed by atoms with Crippen molar-refractivity contribution >= 4 is 11.6 Å². The van der Waals surface area contributed by atoms with Gasteiger partial charge in [-0.15, -0.1) is 0 Å². The summed E-state index contributed by atoms with van der Waals surface area (Å²) in [4.78, 5) is 0. The van der Waals surface area contributed by atoms with Crippen LogP contribution in [0, 0.1) is 13.8 Å². The molecule has 2 aromatic rings. The van der Waals surface area contributed by atoms with E-state index in [1.807, 2.05) is 24.3 Å². The van der Waals surface area contributed by atoms with Crippen molar-refractivity contribution in [1.29, 1.82) is 0 Å². The van der Waals surface area contributed by atoms with Gasteiger partial charge in [0, 0.05) is 23.2 Å². The van der Waals surface area contributed by atoms with E-state index in [2.05, 4.69) is 31.3 Å². The number of nitrogens with one attached hydrogen (secondary N) is 1. The van der Waals surface area contributed by atoms with Crippen molar-refractivity contribution in [3.8, 4) is 11.5 Å². The lowest BCUT2D eigenvalue weighted by Crippen LogP contribution is -2.15. The highest BCUT2D eigenvalue weighted by atomic mass is 35.5. The Balaban J connectivity index is 1.82. The monoisotopic (exact) mass is 301 g/mol. The maximum Gasteiger partial charge on any atom is 0.132 e. The summed E-state index contributed by atoms with van der Waals surface area (Å²) in [6.45, 7) is 4.95. The fourth-order valence-electron chi connectivity index (χ4n) is 2.36. The summed E-state index contributed by atoms with van der Waals surface area (Å²) in [5, 5.41) is 4.26. The predicted molar refractivity (Wildman–Crippen MR) is 87.3 cm³/mol. The lowest BCUT2D eigenvalue weighted by atomic mass is 10.1. The highest BCUT2D eigenvalue weighted by Crippen LogP contribution is 2.31. The lowest BCUT2D eigenvalue weighted by molar-refractivity contribution is 0.469. The Bertz CT molecular complexity index is 650. The molecule has 1 aliphatic carbocycles. The van der Waals surface area contributed by atoms with Gasteiger partial charge in [-0.25, -0.2) is 0 Å². The number of hydrogen-bond donors (Lipinski definition) is 1. The Morgan fingerprint density at radius 3 is 2.57 bits per heavy atom. The second-order valence-electron chi connectivity index (χ2n) is 5.78. The molecule has 0 aliphatic heterocycles. The van der Waals surface area contributed by atoms with Gasteiger partial charge in [-0.3, -0.25) is 0 Å². The first-order valence-electron chi connectivity index (χ1n) is 7.39. The fourth-order valence-corrected chi connectivity index (χ4v) is 2.55. The second kappa shape index (κ2) is 6.08. The van der Waals surface area contributed by atoms with Crippen LogP contribution < -0.4 is 10.1 Å². The van der Waals surface area contributed by atoms with E-state index in [4.69, 9.17) is 16.3 Å². The topological polar surface area (TPSA) is 21.3 Å². The maximum absolute atomic E-state index is 6.12. The lowest BCUT2D eigenvalue weighted by Gasteiger charge is -2.14. The Labute approximate surface area is 131 Å². The van der Waals surface area contributed by atoms with Crippen molar-refractivity contribution in [3.63, 3.8) is 0 Å². The first kappa shape index (κ1) is 14.4. The molecule has 3 heteroatoms. The fraction of sp³-hybridized carbons (Fsp3) is 0.333. The molecule has 110 valence electrons. The van der Waals surface area contributed by atoms with Gasteiger partial charge in [0.2, 0.25) is 0 Å². The summed E-state index contributed by atoms with van der Waals surface area (Å²) in [6, 6.07) is 12.7. The number of aryl methyl sites for hydroxylation is 2. The van der Waals surface area contributed by atoms with E-state index in [9.17, 15) is 0 Å². The summed E-state index contributed by atoms with van der Waals surface area (Å²) >= 11 is 6.12. The van der Waals surface area contributed by atoms with E-state index in [0.29, 0.717) is 6.04 Å². The van der Waals surface area contributed by atoms with Crippen LogP contribution in [-0.4, -0.2) is 6.04 Å². The smallest absolute Gasteiger partial charge is 0.132 e. The van der Waals surface area contributed by atoms with E-state index >= 15 is 0 Å². The van der Waals surface area contributed by atoms with Crippen LogP contribution in [0.25, 0.3) is 0 Å². The molecule has 2 aromatic carbocycles. The van der Waals surface area contributed by atoms with E-state index in [0.717, 1.165) is 34.2 Å². The van der Waals surface area contributed by atoms with Crippen molar-refractivity contribution in [2.24, 2.45) is 0 Å². The van der Waals surface area contributed by atoms with E-state index < -0.39 is 0 Å². The van der Waals surface area contributed by atoms with Crippen LogP contribution in [0.5, 0.6) is 11.5 Å². The SMILES string of the molecule is Cc1ccc(Oc2ccc(Cl)cc2CNC2CC2)c(C)c1. The molecule has 0 atom stereocenters. The predicted octanol–water partition coefficient (Wildman–Crippen LogP) is 5.00. The molecule has 0 radical (unpaired) electrons. The van der Waals surface area contributed by atoms with Gasteiger partial charge < -0.3 is 10.1 Å². The molecular formula is C18H20ClNO. The minimum Gasteiger partial charge on any atom is -0.457 e. The van der Waals surface area contributed by atoms with Gasteiger partial charge in [0.05, 0.1) is 0 Å². The summed E-state index contributed by atoms with van der Waals surface area (Å²) in [7, 11) is 0. The van der Waals surface area contributed by atoms with Gasteiger partial charge in [-0.2, -0.15) is 0 Å². The average Bonchev–Trinajstić information content (AvgIpc) is 3.26. The Morgan fingerprint density at radius 2 is 1.86 bits per heavy atom. The van der Waals surface area contributed by atoms with Gasteiger partial charge in [0.15, 0.2) is 0 Å². The Morgan fingerprint density at radius 1 is 1.10 bits per heavy atom. The molecule has 0 aromatic heterocycles. The minimum atomic E-state index is 0.665. The molecular weight excluding hydrogens is 282 g/mol. The molecule has 0 heterocycles. The average molecular weight is 302 g/mol. The zero-order valence-electron chi connectivity index (χ0n) is 12.4. The largest absolute Gasteiger partial charge is 0.457 e. The molecule has 1 aliphatic rings. The van der Waals surface area contributed by atoms with Crippen molar-refractivity contribution < 1.29 is 4.74 Å². The van der Waals surface area contributed by atoms with E-state index in [1.54, 1.807) is 0 Å². The van der Waals surface area contributed by atoms with Crippen LogP contribution >= 0.6 is 11.6 Å². The second-order valence-corrected chi connectivity index (χ2v) is 6.21. The van der Waals surface area contributed by atoms with Gasteiger partial charge in [0.1, 0.15) is 11.5 Å². The summed E-state index contributed by atoms with van der Waals surface area (Å²) in [6.07, 6.45) is 2.54. The Kier molecular flexibility index (Phi) is 4.18. The van der Waals surface area contributed by atoms with Crippen LogP contribution in [0.15, 0.2) is 36.4 Å². The quantitative estimate of drug-likeness (QED) is 0.839. The number of rotatable bonds is 5. The summed E-state index contributed by atoms with van der Waals surface area (Å²) in [5.41, 5.74) is 3.49. The minimum absolute atomic E-state index is 0.665. The molecule has 3 rings (SSSR count). The van der Waals surface area contributed by atoms with Gasteiger partial charge in [-0.05, 0) is 56.5 Å². The van der Waals surface area contributed by atoms with Crippen LogP contribution in [-0.2, 0) is 6.54 Å². The Hall–Kier alpha value is -1.51. The highest BCUT2D eigenvalue weighted by Gasteiger charge is 2.20. The van der Waals surface area contributed by atoms with E-state index in [-0.39, 0.29) is 0 Å². The van der Waals surface area contributed by atoms with Gasteiger partial charge in [-0.1, -0.05) is 29.3 Å². The molecule has 1 fully saturated rings. The van der Waals surface area contributed by atoms with E-state index in [1.165, 1.54) is 18.4 Å². The molecule has 2 nitrogen and oxygen atoms in total. The van der Waals surface area contributed by atoms with Crippen molar-refractivity contribution in [3.05, 3.63) is 58.1 Å². The summed E-state index contributed by atoms with van der Waals surface area (Å²) in [5.74, 6) is 1.77. The van der Waals surface area contributed by atoms with Gasteiger partial charge in [0.25, 0.3) is 0 Å². The standard InChI is InChI=1S/C18H20ClNO/c1-12-3-7-17(13(2)9-12)21-18-8-4-15(19)10-14(18)11-20-16-5-6-16/h3-4,7-10,16,20H,5-6,11H2,1-2H3. The third-order valence-corrected chi connectivity index (χ3v) is 3.97. The number of benzene rings is 2. The normalized spacial score (nSPS) is 14.2. The molecule has 0 unspecified atom stereocenters. The van der Waals surface area contributed by atoms with Crippen LogP contribution in [0.3, 0.4) is 0 Å². The van der Waals surface area contributed by atoms with Crippen molar-refractivity contribution in [1.82, 2.24) is 5.32 Å². The molecule has 1 N–H and O–H groups in total. The van der Waals surface area contributed by atoms with Crippen LogP contribution in [0.2, 0.25) is 5.02 Å². The third kappa shape index (κ3) is 3.78. The zero-order valence-corrected chi connectivity index (χ0v) is 13.2. The van der Waals surface area contributed by atoms with Crippen LogP contribution in [0.4, 0.5) is 0 Å². The molecule has 0 spiro atoms. The van der Waals surface area contributed by atoms with Crippen LogP contribution in [0.1, 0.15) is 29.5 Å².